The van der Waals surface area contributed by atoms with Crippen molar-refractivity contribution in [2.75, 3.05) is 10.6 Å². The van der Waals surface area contributed by atoms with E-state index in [1.54, 1.807) is 12.1 Å². The summed E-state index contributed by atoms with van der Waals surface area (Å²) in [5, 5.41) is 9.56. The van der Waals surface area contributed by atoms with Crippen LogP contribution in [-0.4, -0.2) is 23.8 Å². The first-order chi connectivity index (χ1) is 21.5. The molecular weight excluding hydrogens is 570 g/mol. The van der Waals surface area contributed by atoms with Gasteiger partial charge in [0, 0.05) is 34.8 Å². The van der Waals surface area contributed by atoms with Crippen LogP contribution >= 0.6 is 0 Å². The lowest BCUT2D eigenvalue weighted by molar-refractivity contribution is -0.122. The van der Waals surface area contributed by atoms with Gasteiger partial charge < -0.3 is 16.0 Å². The maximum absolute atomic E-state index is 13.7. The number of hydrogen-bond donors (Lipinski definition) is 3. The molecule has 1 aromatic rings. The molecule has 3 fully saturated rings. The van der Waals surface area contributed by atoms with E-state index in [0.717, 1.165) is 83.5 Å². The Kier molecular flexibility index (Phi) is 11.7. The molecule has 0 bridgehead atoms. The molecule has 3 amide bonds. The molecule has 3 aliphatic rings. The molecule has 4 rings (SSSR count). The van der Waals surface area contributed by atoms with Gasteiger partial charge in [0.05, 0.1) is 0 Å². The molecule has 0 aromatic heterocycles. The first-order valence-electron chi connectivity index (χ1n) is 18.5. The molecule has 3 aliphatic carbocycles. The zero-order valence-electron chi connectivity index (χ0n) is 30.6. The summed E-state index contributed by atoms with van der Waals surface area (Å²) in [6.07, 6.45) is 13.1. The molecule has 0 spiro atoms. The number of carbonyl (C=O) groups is 3. The smallest absolute Gasteiger partial charge is 0.251 e. The molecule has 6 heteroatoms. The van der Waals surface area contributed by atoms with Crippen LogP contribution in [0.1, 0.15) is 156 Å². The molecule has 46 heavy (non-hydrogen) atoms. The molecule has 0 saturated heterocycles. The van der Waals surface area contributed by atoms with Crippen LogP contribution in [0.2, 0.25) is 0 Å². The predicted molar refractivity (Wildman–Crippen MR) is 191 cm³/mol. The minimum atomic E-state index is -0.138. The lowest BCUT2D eigenvalue weighted by Gasteiger charge is -2.39. The lowest BCUT2D eigenvalue weighted by atomic mass is 9.69. The van der Waals surface area contributed by atoms with Crippen molar-refractivity contribution in [1.82, 2.24) is 5.32 Å². The normalized spacial score (nSPS) is 27.8. The van der Waals surface area contributed by atoms with Gasteiger partial charge in [-0.25, -0.2) is 0 Å². The summed E-state index contributed by atoms with van der Waals surface area (Å²) in [5.74, 6) is 1.77. The van der Waals surface area contributed by atoms with Crippen molar-refractivity contribution in [2.45, 2.75) is 152 Å². The lowest BCUT2D eigenvalue weighted by Crippen LogP contribution is -2.40. The van der Waals surface area contributed by atoms with E-state index in [9.17, 15) is 14.4 Å². The highest BCUT2D eigenvalue weighted by Gasteiger charge is 2.35. The monoisotopic (exact) mass is 636 g/mol. The summed E-state index contributed by atoms with van der Waals surface area (Å²) < 4.78 is 0. The summed E-state index contributed by atoms with van der Waals surface area (Å²) >= 11 is 0. The van der Waals surface area contributed by atoms with E-state index >= 15 is 0 Å². The Morgan fingerprint density at radius 1 is 0.587 bits per heavy atom. The van der Waals surface area contributed by atoms with Gasteiger partial charge in [-0.05, 0) is 129 Å². The quantitative estimate of drug-likeness (QED) is 0.266. The standard InChI is InChI=1S/C40H65N3O3/c1-10-40(8,9)31-19-21-32(22-20-31)41-37(46)28-23-33(42-35(44)26-11-15-29(16-12-26)38(2,3)4)25-34(24-28)43-36(45)27-13-17-30(18-14-27)39(5,6)7/h23-27,29-32H,10-22H2,1-9H3,(H,41,46)(H,42,44)(H,43,45)/t26?,27?,29?,30?,31-,32+. The Morgan fingerprint density at radius 2 is 0.978 bits per heavy atom. The van der Waals surface area contributed by atoms with Crippen LogP contribution in [-0.2, 0) is 9.59 Å². The van der Waals surface area contributed by atoms with Crippen LogP contribution in [0.5, 0.6) is 0 Å². The van der Waals surface area contributed by atoms with Gasteiger partial charge in [0.25, 0.3) is 5.91 Å². The van der Waals surface area contributed by atoms with Crippen LogP contribution < -0.4 is 16.0 Å². The van der Waals surface area contributed by atoms with Gasteiger partial charge in [-0.3, -0.25) is 14.4 Å². The van der Waals surface area contributed by atoms with Crippen LogP contribution in [0, 0.1) is 45.8 Å². The maximum atomic E-state index is 13.7. The van der Waals surface area contributed by atoms with Gasteiger partial charge in [-0.1, -0.05) is 68.7 Å². The average molecular weight is 636 g/mol. The summed E-state index contributed by atoms with van der Waals surface area (Å²) in [6, 6.07) is 5.53. The average Bonchev–Trinajstić information content (AvgIpc) is 3.00. The van der Waals surface area contributed by atoms with Gasteiger partial charge in [-0.2, -0.15) is 0 Å². The minimum Gasteiger partial charge on any atom is -0.349 e. The van der Waals surface area contributed by atoms with Gasteiger partial charge >= 0.3 is 0 Å². The van der Waals surface area contributed by atoms with E-state index in [1.807, 2.05) is 6.07 Å². The van der Waals surface area contributed by atoms with Crippen LogP contribution in [0.25, 0.3) is 0 Å². The number of carbonyl (C=O) groups excluding carboxylic acids is 3. The molecule has 0 unspecified atom stereocenters. The largest absolute Gasteiger partial charge is 0.349 e. The predicted octanol–water partition coefficient (Wildman–Crippen LogP) is 9.99. The van der Waals surface area contributed by atoms with Gasteiger partial charge in [0.15, 0.2) is 0 Å². The molecule has 0 atom stereocenters. The van der Waals surface area contributed by atoms with E-state index in [2.05, 4.69) is 78.3 Å². The summed E-state index contributed by atoms with van der Waals surface area (Å²) in [7, 11) is 0. The second kappa shape index (κ2) is 14.8. The Bertz CT molecular complexity index is 1130. The zero-order valence-corrected chi connectivity index (χ0v) is 30.6. The molecule has 0 heterocycles. The van der Waals surface area contributed by atoms with E-state index in [-0.39, 0.29) is 46.4 Å². The fourth-order valence-corrected chi connectivity index (χ4v) is 8.41. The van der Waals surface area contributed by atoms with E-state index in [0.29, 0.717) is 40.1 Å². The third kappa shape index (κ3) is 9.60. The van der Waals surface area contributed by atoms with Gasteiger partial charge in [-0.15, -0.1) is 0 Å². The fraction of sp³-hybridized carbons (Fsp3) is 0.775. The van der Waals surface area contributed by atoms with Crippen molar-refractivity contribution >= 4 is 29.1 Å². The van der Waals surface area contributed by atoms with Crippen LogP contribution in [0.15, 0.2) is 18.2 Å². The summed E-state index contributed by atoms with van der Waals surface area (Å²) in [5.41, 5.74) is 2.48. The highest BCUT2D eigenvalue weighted by molar-refractivity contribution is 6.01. The number of benzene rings is 1. The Labute approximate surface area is 280 Å². The summed E-state index contributed by atoms with van der Waals surface area (Å²) in [4.78, 5) is 40.6. The third-order valence-electron chi connectivity index (χ3n) is 12.5. The second-order valence-electron chi connectivity index (χ2n) is 18.0. The van der Waals surface area contributed by atoms with Gasteiger partial charge in [0.1, 0.15) is 0 Å². The van der Waals surface area contributed by atoms with Crippen molar-refractivity contribution in [2.24, 2.45) is 45.8 Å². The second-order valence-corrected chi connectivity index (χ2v) is 18.0. The molecule has 0 radical (unpaired) electrons. The number of hydrogen-bond acceptors (Lipinski definition) is 3. The SMILES string of the molecule is CCC(C)(C)[C@H]1CC[C@@H](NC(=O)c2cc(NC(=O)C3CCC(C(C)(C)C)CC3)cc(NC(=O)C3CCC(C(C)(C)C)CC3)c2)CC1. The first kappa shape index (κ1) is 36.5. The van der Waals surface area contributed by atoms with Gasteiger partial charge in [0.2, 0.25) is 11.8 Å². The van der Waals surface area contributed by atoms with Crippen molar-refractivity contribution < 1.29 is 14.4 Å². The Hall–Kier alpha value is -2.37. The molecule has 1 aromatic carbocycles. The van der Waals surface area contributed by atoms with Crippen molar-refractivity contribution in [3.8, 4) is 0 Å². The van der Waals surface area contributed by atoms with E-state index < -0.39 is 0 Å². The fourth-order valence-electron chi connectivity index (χ4n) is 8.41. The van der Waals surface area contributed by atoms with E-state index in [4.69, 9.17) is 0 Å². The van der Waals surface area contributed by atoms with Crippen LogP contribution in [0.3, 0.4) is 0 Å². The molecular formula is C40H65N3O3. The van der Waals surface area contributed by atoms with Crippen molar-refractivity contribution in [3.05, 3.63) is 23.8 Å². The topological polar surface area (TPSA) is 87.3 Å². The zero-order chi connectivity index (χ0) is 33.9. The number of anilines is 2. The van der Waals surface area contributed by atoms with Crippen LogP contribution in [0.4, 0.5) is 11.4 Å². The number of amides is 3. The highest BCUT2D eigenvalue weighted by Crippen LogP contribution is 2.42. The maximum Gasteiger partial charge on any atom is 0.251 e. The first-order valence-corrected chi connectivity index (χ1v) is 18.5. The Balaban J connectivity index is 1.45. The third-order valence-corrected chi connectivity index (χ3v) is 12.5. The van der Waals surface area contributed by atoms with Crippen molar-refractivity contribution in [1.29, 1.82) is 0 Å². The van der Waals surface area contributed by atoms with Crippen molar-refractivity contribution in [3.63, 3.8) is 0 Å². The van der Waals surface area contributed by atoms with E-state index in [1.165, 1.54) is 0 Å². The Morgan fingerprint density at radius 3 is 1.35 bits per heavy atom. The molecule has 258 valence electrons. The highest BCUT2D eigenvalue weighted by atomic mass is 16.2. The molecule has 0 aliphatic heterocycles. The number of nitrogens with one attached hydrogen (secondary N) is 3. The number of rotatable bonds is 8. The summed E-state index contributed by atoms with van der Waals surface area (Å²) in [6.45, 7) is 20.7. The molecule has 6 nitrogen and oxygen atoms in total. The molecule has 3 saturated carbocycles. The minimum absolute atomic E-state index is 0.0135. The molecule has 3 N–H and O–H groups in total.